The molecule has 2 N–H and O–H groups in total. The zero-order valence-corrected chi connectivity index (χ0v) is 11.0. The predicted octanol–water partition coefficient (Wildman–Crippen LogP) is 4.11. The zero-order chi connectivity index (χ0) is 11.4. The summed E-state index contributed by atoms with van der Waals surface area (Å²) in [6.45, 7) is 8.18. The molecule has 0 saturated carbocycles. The lowest BCUT2D eigenvalue weighted by atomic mass is 9.98. The molecule has 1 nitrogen and oxygen atoms in total. The van der Waals surface area contributed by atoms with E-state index in [1.165, 1.54) is 16.7 Å². The molecule has 0 spiro atoms. The summed E-state index contributed by atoms with van der Waals surface area (Å²) in [4.78, 5) is 0. The van der Waals surface area contributed by atoms with Gasteiger partial charge in [0.2, 0.25) is 0 Å². The average molecular weight is 268 g/mol. The second-order valence-electron chi connectivity index (χ2n) is 3.98. The summed E-state index contributed by atoms with van der Waals surface area (Å²) < 4.78 is 1.09. The van der Waals surface area contributed by atoms with E-state index >= 15 is 0 Å². The van der Waals surface area contributed by atoms with Gasteiger partial charge in [0.05, 0.1) is 0 Å². The van der Waals surface area contributed by atoms with Crippen LogP contribution in [-0.2, 0) is 0 Å². The van der Waals surface area contributed by atoms with Crippen molar-refractivity contribution in [1.29, 1.82) is 0 Å². The molecule has 1 aromatic carbocycles. The van der Waals surface area contributed by atoms with Gasteiger partial charge in [-0.15, -0.1) is 0 Å². The van der Waals surface area contributed by atoms with Crippen molar-refractivity contribution < 1.29 is 0 Å². The van der Waals surface area contributed by atoms with E-state index in [0.29, 0.717) is 0 Å². The Hall–Kier alpha value is -0.600. The van der Waals surface area contributed by atoms with Crippen LogP contribution < -0.4 is 5.73 Å². The average Bonchev–Trinajstić information content (AvgIpc) is 2.16. The topological polar surface area (TPSA) is 26.0 Å². The molecule has 15 heavy (non-hydrogen) atoms. The number of hydrogen-bond acceptors (Lipinski definition) is 1. The van der Waals surface area contributed by atoms with Crippen LogP contribution in [0.25, 0.3) is 0 Å². The molecule has 1 unspecified atom stereocenters. The summed E-state index contributed by atoms with van der Waals surface area (Å²) in [6.07, 6.45) is 1.87. The fourth-order valence-corrected chi connectivity index (χ4v) is 2.18. The first-order chi connectivity index (χ1) is 7.02. The zero-order valence-electron chi connectivity index (χ0n) is 9.39. The van der Waals surface area contributed by atoms with Gasteiger partial charge in [-0.05, 0) is 43.0 Å². The van der Waals surface area contributed by atoms with E-state index in [1.54, 1.807) is 0 Å². The van der Waals surface area contributed by atoms with Crippen LogP contribution in [0.1, 0.15) is 36.9 Å². The first kappa shape index (κ1) is 12.5. The molecule has 0 aromatic heterocycles. The molecule has 0 aliphatic rings. The first-order valence-corrected chi connectivity index (χ1v) is 6.01. The number of benzene rings is 1. The number of aryl methyl sites for hydroxylation is 1. The maximum atomic E-state index is 6.13. The van der Waals surface area contributed by atoms with E-state index < -0.39 is 0 Å². The van der Waals surface area contributed by atoms with Gasteiger partial charge in [0.15, 0.2) is 0 Å². The normalized spacial score (nSPS) is 12.5. The van der Waals surface area contributed by atoms with Crippen molar-refractivity contribution in [2.75, 3.05) is 0 Å². The molecule has 1 atom stereocenters. The molecule has 0 radical (unpaired) electrons. The molecular weight excluding hydrogens is 250 g/mol. The minimum absolute atomic E-state index is 0.0636. The molecule has 0 saturated heterocycles. The molecule has 0 bridgehead atoms. The maximum absolute atomic E-state index is 6.13. The monoisotopic (exact) mass is 267 g/mol. The number of halogens is 1. The summed E-state index contributed by atoms with van der Waals surface area (Å²) in [5, 5.41) is 0. The highest BCUT2D eigenvalue weighted by molar-refractivity contribution is 9.10. The highest BCUT2D eigenvalue weighted by Crippen LogP contribution is 2.23. The van der Waals surface area contributed by atoms with E-state index in [0.717, 1.165) is 17.3 Å². The molecule has 1 rings (SSSR count). The van der Waals surface area contributed by atoms with Crippen molar-refractivity contribution in [3.8, 4) is 0 Å². The maximum Gasteiger partial charge on any atom is 0.0332 e. The summed E-state index contributed by atoms with van der Waals surface area (Å²) in [5.74, 6) is 0. The Morgan fingerprint density at radius 2 is 2.13 bits per heavy atom. The third-order valence-corrected chi connectivity index (χ3v) is 2.96. The van der Waals surface area contributed by atoms with Gasteiger partial charge in [-0.3, -0.25) is 0 Å². The van der Waals surface area contributed by atoms with E-state index in [1.807, 2.05) is 0 Å². The molecule has 1 aromatic rings. The van der Waals surface area contributed by atoms with Crippen molar-refractivity contribution in [2.24, 2.45) is 5.73 Å². The molecular formula is C13H18BrN. The molecule has 0 fully saturated rings. The Bertz CT molecular complexity index is 337. The van der Waals surface area contributed by atoms with Crippen LogP contribution in [0.4, 0.5) is 0 Å². The van der Waals surface area contributed by atoms with Crippen molar-refractivity contribution in [3.63, 3.8) is 0 Å². The smallest absolute Gasteiger partial charge is 0.0332 e. The number of rotatable bonds is 4. The van der Waals surface area contributed by atoms with Gasteiger partial charge in [0, 0.05) is 10.5 Å². The van der Waals surface area contributed by atoms with Gasteiger partial charge in [0.25, 0.3) is 0 Å². The highest BCUT2D eigenvalue weighted by atomic mass is 79.9. The SMILES string of the molecule is C=C(CC)CC(N)c1cc(C)cc(Br)c1. The number of hydrogen-bond donors (Lipinski definition) is 1. The van der Waals surface area contributed by atoms with Crippen molar-refractivity contribution in [1.82, 2.24) is 0 Å². The molecule has 2 heteroatoms. The second-order valence-corrected chi connectivity index (χ2v) is 4.89. The third kappa shape index (κ3) is 3.80. The Balaban J connectivity index is 2.81. The molecule has 82 valence electrons. The standard InChI is InChI=1S/C13H18BrN/c1-4-9(2)7-13(15)11-5-10(3)6-12(14)8-11/h5-6,8,13H,2,4,7,15H2,1,3H3. The van der Waals surface area contributed by atoms with Crippen LogP contribution in [0.5, 0.6) is 0 Å². The lowest BCUT2D eigenvalue weighted by Crippen LogP contribution is -2.11. The quantitative estimate of drug-likeness (QED) is 0.817. The lowest BCUT2D eigenvalue weighted by molar-refractivity contribution is 0.700. The van der Waals surface area contributed by atoms with Crippen LogP contribution in [0.15, 0.2) is 34.8 Å². The van der Waals surface area contributed by atoms with Gasteiger partial charge in [-0.25, -0.2) is 0 Å². The lowest BCUT2D eigenvalue weighted by Gasteiger charge is -2.14. The summed E-state index contributed by atoms with van der Waals surface area (Å²) in [5.41, 5.74) is 9.75. The van der Waals surface area contributed by atoms with E-state index in [4.69, 9.17) is 5.73 Å². The van der Waals surface area contributed by atoms with Crippen LogP contribution in [0.3, 0.4) is 0 Å². The van der Waals surface area contributed by atoms with E-state index in [2.05, 4.69) is 54.6 Å². The van der Waals surface area contributed by atoms with Gasteiger partial charge < -0.3 is 5.73 Å². The van der Waals surface area contributed by atoms with Crippen LogP contribution >= 0.6 is 15.9 Å². The van der Waals surface area contributed by atoms with Crippen LogP contribution in [0.2, 0.25) is 0 Å². The molecule has 0 aliphatic carbocycles. The Morgan fingerprint density at radius 3 is 2.67 bits per heavy atom. The van der Waals surface area contributed by atoms with Gasteiger partial charge in [-0.2, -0.15) is 0 Å². The summed E-state index contributed by atoms with van der Waals surface area (Å²) >= 11 is 3.49. The fraction of sp³-hybridized carbons (Fsp3) is 0.385. The largest absolute Gasteiger partial charge is 0.324 e. The minimum atomic E-state index is 0.0636. The third-order valence-electron chi connectivity index (χ3n) is 2.50. The van der Waals surface area contributed by atoms with E-state index in [9.17, 15) is 0 Å². The second kappa shape index (κ2) is 5.47. The van der Waals surface area contributed by atoms with Crippen molar-refractivity contribution in [3.05, 3.63) is 46.0 Å². The molecule has 0 aliphatic heterocycles. The van der Waals surface area contributed by atoms with Crippen molar-refractivity contribution in [2.45, 2.75) is 32.7 Å². The Morgan fingerprint density at radius 1 is 1.47 bits per heavy atom. The first-order valence-electron chi connectivity index (χ1n) is 5.22. The minimum Gasteiger partial charge on any atom is -0.324 e. The van der Waals surface area contributed by atoms with Gasteiger partial charge >= 0.3 is 0 Å². The van der Waals surface area contributed by atoms with Crippen LogP contribution in [-0.4, -0.2) is 0 Å². The Kier molecular flexibility index (Phi) is 4.55. The fourth-order valence-electron chi connectivity index (χ4n) is 1.55. The highest BCUT2D eigenvalue weighted by Gasteiger charge is 2.08. The van der Waals surface area contributed by atoms with Gasteiger partial charge in [-0.1, -0.05) is 41.1 Å². The molecule has 0 amide bonds. The predicted molar refractivity (Wildman–Crippen MR) is 69.9 cm³/mol. The van der Waals surface area contributed by atoms with E-state index in [-0.39, 0.29) is 6.04 Å². The van der Waals surface area contributed by atoms with Crippen LogP contribution in [0, 0.1) is 6.92 Å². The summed E-state index contributed by atoms with van der Waals surface area (Å²) in [7, 11) is 0. The Labute approximate surface area is 101 Å². The van der Waals surface area contributed by atoms with Crippen molar-refractivity contribution >= 4 is 15.9 Å². The summed E-state index contributed by atoms with van der Waals surface area (Å²) in [6, 6.07) is 6.37. The molecule has 0 heterocycles. The van der Waals surface area contributed by atoms with Gasteiger partial charge in [0.1, 0.15) is 0 Å². The number of nitrogens with two attached hydrogens (primary N) is 1.